The van der Waals surface area contributed by atoms with Crippen molar-refractivity contribution in [1.29, 1.82) is 0 Å². The summed E-state index contributed by atoms with van der Waals surface area (Å²) in [6.45, 7) is 4.00. The Labute approximate surface area is 86.8 Å². The van der Waals surface area contributed by atoms with Gasteiger partial charge in [0.25, 0.3) is 5.56 Å². The van der Waals surface area contributed by atoms with E-state index in [0.29, 0.717) is 10.5 Å². The van der Waals surface area contributed by atoms with E-state index >= 15 is 0 Å². The van der Waals surface area contributed by atoms with E-state index in [1.54, 1.807) is 18.3 Å². The molecule has 0 amide bonds. The molecule has 74 valence electrons. The summed E-state index contributed by atoms with van der Waals surface area (Å²) >= 11 is 5.65. The van der Waals surface area contributed by atoms with E-state index in [9.17, 15) is 4.79 Å². The van der Waals surface area contributed by atoms with Gasteiger partial charge in [0.05, 0.1) is 5.39 Å². The van der Waals surface area contributed by atoms with Crippen molar-refractivity contribution < 1.29 is 0 Å². The molecule has 14 heavy (non-hydrogen) atoms. The van der Waals surface area contributed by atoms with Crippen molar-refractivity contribution in [2.45, 2.75) is 13.8 Å². The highest BCUT2D eigenvalue weighted by molar-refractivity contribution is 6.30. The molecule has 1 N–H and O–H groups in total. The monoisotopic (exact) mass is 210 g/mol. The summed E-state index contributed by atoms with van der Waals surface area (Å²) in [5.74, 6) is 0. The van der Waals surface area contributed by atoms with Crippen LogP contribution in [-0.2, 0) is 0 Å². The molecule has 2 aromatic heterocycles. The first-order valence-electron chi connectivity index (χ1n) is 4.40. The van der Waals surface area contributed by atoms with Crippen LogP contribution in [0.15, 0.2) is 29.3 Å². The minimum atomic E-state index is -0.142. The second-order valence-electron chi connectivity index (χ2n) is 2.40. The number of hydrogen-bond donors (Lipinski definition) is 1. The topological polar surface area (TPSA) is 45.8 Å². The van der Waals surface area contributed by atoms with Crippen LogP contribution in [0, 0.1) is 0 Å². The van der Waals surface area contributed by atoms with E-state index in [2.05, 4.69) is 9.97 Å². The molecule has 0 unspecified atom stereocenters. The lowest BCUT2D eigenvalue weighted by Crippen LogP contribution is -2.04. The van der Waals surface area contributed by atoms with Crippen molar-refractivity contribution in [3.05, 3.63) is 40.0 Å². The molecule has 0 saturated heterocycles. The van der Waals surface area contributed by atoms with Gasteiger partial charge in [-0.3, -0.25) is 4.79 Å². The number of pyridine rings is 2. The zero-order valence-corrected chi connectivity index (χ0v) is 8.80. The predicted octanol–water partition coefficient (Wildman–Crippen LogP) is 2.60. The molecule has 0 radical (unpaired) electrons. The maximum atomic E-state index is 11.2. The van der Waals surface area contributed by atoms with Crippen LogP contribution in [0.25, 0.3) is 10.8 Å². The van der Waals surface area contributed by atoms with Gasteiger partial charge in [0.1, 0.15) is 5.15 Å². The fraction of sp³-hybridized carbons (Fsp3) is 0.200. The van der Waals surface area contributed by atoms with Gasteiger partial charge < -0.3 is 4.98 Å². The van der Waals surface area contributed by atoms with Gasteiger partial charge in [0.15, 0.2) is 0 Å². The van der Waals surface area contributed by atoms with E-state index < -0.39 is 0 Å². The standard InChI is InChI=1S/C8H5ClN2O.C2H6/c9-7-3-5-1-2-10-8(12)6(5)4-11-7;1-2/h1-4H,(H,10,12);1-2H3. The van der Waals surface area contributed by atoms with Gasteiger partial charge in [0, 0.05) is 12.4 Å². The van der Waals surface area contributed by atoms with Gasteiger partial charge in [-0.2, -0.15) is 0 Å². The Bertz CT molecular complexity index is 479. The lowest BCUT2D eigenvalue weighted by atomic mass is 10.2. The van der Waals surface area contributed by atoms with Crippen molar-refractivity contribution in [1.82, 2.24) is 9.97 Å². The molecule has 3 nitrogen and oxygen atoms in total. The van der Waals surface area contributed by atoms with E-state index in [1.165, 1.54) is 6.20 Å². The minimum absolute atomic E-state index is 0.142. The van der Waals surface area contributed by atoms with Gasteiger partial charge in [-0.1, -0.05) is 25.4 Å². The zero-order chi connectivity index (χ0) is 10.6. The minimum Gasteiger partial charge on any atom is -0.329 e. The van der Waals surface area contributed by atoms with Crippen LogP contribution in [0.3, 0.4) is 0 Å². The molecule has 0 aromatic carbocycles. The number of rotatable bonds is 0. The highest BCUT2D eigenvalue weighted by atomic mass is 35.5. The molecule has 0 aliphatic rings. The Morgan fingerprint density at radius 1 is 1.43 bits per heavy atom. The van der Waals surface area contributed by atoms with Crippen LogP contribution in [0.1, 0.15) is 13.8 Å². The maximum absolute atomic E-state index is 11.2. The molecular formula is C10H11ClN2O. The lowest BCUT2D eigenvalue weighted by molar-refractivity contribution is 1.26. The Kier molecular flexibility index (Phi) is 3.65. The average Bonchev–Trinajstić information content (AvgIpc) is 2.21. The van der Waals surface area contributed by atoms with E-state index in [-0.39, 0.29) is 5.56 Å². The Morgan fingerprint density at radius 3 is 2.86 bits per heavy atom. The van der Waals surface area contributed by atoms with E-state index in [1.807, 2.05) is 13.8 Å². The van der Waals surface area contributed by atoms with Crippen molar-refractivity contribution in [3.8, 4) is 0 Å². The second kappa shape index (κ2) is 4.77. The first kappa shape index (κ1) is 10.7. The molecule has 4 heteroatoms. The summed E-state index contributed by atoms with van der Waals surface area (Å²) in [4.78, 5) is 17.5. The number of H-pyrrole nitrogens is 1. The van der Waals surface area contributed by atoms with Crippen LogP contribution < -0.4 is 5.56 Å². The van der Waals surface area contributed by atoms with Crippen LogP contribution in [0.4, 0.5) is 0 Å². The summed E-state index contributed by atoms with van der Waals surface area (Å²) in [5.41, 5.74) is -0.142. The summed E-state index contributed by atoms with van der Waals surface area (Å²) in [6.07, 6.45) is 3.05. The van der Waals surface area contributed by atoms with Crippen LogP contribution in [-0.4, -0.2) is 9.97 Å². The number of nitrogens with one attached hydrogen (secondary N) is 1. The fourth-order valence-electron chi connectivity index (χ4n) is 1.06. The Morgan fingerprint density at radius 2 is 2.14 bits per heavy atom. The average molecular weight is 211 g/mol. The first-order chi connectivity index (χ1) is 6.77. The fourth-order valence-corrected chi connectivity index (χ4v) is 1.22. The Hall–Kier alpha value is -1.35. The third-order valence-corrected chi connectivity index (χ3v) is 1.83. The summed E-state index contributed by atoms with van der Waals surface area (Å²) in [6, 6.07) is 3.44. The maximum Gasteiger partial charge on any atom is 0.257 e. The highest BCUT2D eigenvalue weighted by Gasteiger charge is 1.97. The van der Waals surface area contributed by atoms with Gasteiger partial charge in [-0.05, 0) is 17.5 Å². The van der Waals surface area contributed by atoms with Crippen LogP contribution in [0.5, 0.6) is 0 Å². The molecule has 0 fully saturated rings. The van der Waals surface area contributed by atoms with Crippen molar-refractivity contribution >= 4 is 22.4 Å². The van der Waals surface area contributed by atoms with Crippen molar-refractivity contribution in [2.75, 3.05) is 0 Å². The van der Waals surface area contributed by atoms with Crippen LogP contribution in [0.2, 0.25) is 5.15 Å². The molecule has 0 aliphatic heterocycles. The van der Waals surface area contributed by atoms with Crippen molar-refractivity contribution in [2.24, 2.45) is 0 Å². The molecule has 2 heterocycles. The largest absolute Gasteiger partial charge is 0.329 e. The summed E-state index contributed by atoms with van der Waals surface area (Å²) < 4.78 is 0. The molecule has 0 spiro atoms. The molecule has 2 rings (SSSR count). The lowest BCUT2D eigenvalue weighted by Gasteiger charge is -1.94. The molecule has 0 aliphatic carbocycles. The first-order valence-corrected chi connectivity index (χ1v) is 4.78. The number of halogens is 1. The third kappa shape index (κ3) is 2.12. The molecule has 0 bridgehead atoms. The summed E-state index contributed by atoms with van der Waals surface area (Å²) in [5, 5.41) is 1.76. The molecule has 0 saturated carbocycles. The number of aromatic nitrogens is 2. The van der Waals surface area contributed by atoms with Gasteiger partial charge in [-0.15, -0.1) is 0 Å². The molecule has 2 aromatic rings. The van der Waals surface area contributed by atoms with Gasteiger partial charge >= 0.3 is 0 Å². The molecule has 0 atom stereocenters. The number of fused-ring (bicyclic) bond motifs is 1. The van der Waals surface area contributed by atoms with Gasteiger partial charge in [-0.25, -0.2) is 4.98 Å². The van der Waals surface area contributed by atoms with E-state index in [0.717, 1.165) is 5.39 Å². The van der Waals surface area contributed by atoms with Crippen LogP contribution >= 0.6 is 11.6 Å². The quantitative estimate of drug-likeness (QED) is 0.680. The zero-order valence-electron chi connectivity index (χ0n) is 8.04. The Balaban J connectivity index is 0.000000461. The summed E-state index contributed by atoms with van der Waals surface area (Å²) in [7, 11) is 0. The van der Waals surface area contributed by atoms with E-state index in [4.69, 9.17) is 11.6 Å². The number of aromatic amines is 1. The number of nitrogens with zero attached hydrogens (tertiary/aromatic N) is 1. The smallest absolute Gasteiger partial charge is 0.257 e. The number of hydrogen-bond acceptors (Lipinski definition) is 2. The SMILES string of the molecule is CC.O=c1[nH]ccc2cc(Cl)ncc12. The second-order valence-corrected chi connectivity index (χ2v) is 2.79. The third-order valence-electron chi connectivity index (χ3n) is 1.62. The molecular weight excluding hydrogens is 200 g/mol. The highest BCUT2D eigenvalue weighted by Crippen LogP contribution is 2.11. The normalized spacial score (nSPS) is 9.36. The van der Waals surface area contributed by atoms with Gasteiger partial charge in [0.2, 0.25) is 0 Å². The van der Waals surface area contributed by atoms with Crippen molar-refractivity contribution in [3.63, 3.8) is 0 Å². The predicted molar refractivity (Wildman–Crippen MR) is 58.7 cm³/mol.